The Hall–Kier alpha value is -1.75. The molecule has 3 saturated carbocycles. The second-order valence-corrected chi connectivity index (χ2v) is 15.2. The zero-order valence-electron chi connectivity index (χ0n) is 26.1. The van der Waals surface area contributed by atoms with Gasteiger partial charge in [-0.05, 0) is 116 Å². The highest BCUT2D eigenvalue weighted by Crippen LogP contribution is 2.67. The first-order chi connectivity index (χ1) is 19.5. The summed E-state index contributed by atoms with van der Waals surface area (Å²) in [5.41, 5.74) is 3.50. The Balaban J connectivity index is 1.21. The van der Waals surface area contributed by atoms with E-state index in [4.69, 9.17) is 4.74 Å². The number of ether oxygens (including phenoxy) is 1. The molecule has 41 heavy (non-hydrogen) atoms. The zero-order chi connectivity index (χ0) is 29.4. The van der Waals surface area contributed by atoms with E-state index >= 15 is 0 Å². The number of allylic oxidation sites excluding steroid dienone is 1. The monoisotopic (exact) mass is 579 g/mol. The molecular weight excluding hydrogens is 526 g/mol. The number of hydrogen-bond acceptors (Lipinski definition) is 4. The normalized spacial score (nSPS) is 35.1. The van der Waals surface area contributed by atoms with Gasteiger partial charge < -0.3 is 10.1 Å². The minimum absolute atomic E-state index is 0.0571. The van der Waals surface area contributed by atoms with Crippen LogP contribution in [0.1, 0.15) is 116 Å². The molecule has 4 nitrogen and oxygen atoms in total. The first-order valence-corrected chi connectivity index (χ1v) is 17.1. The number of fused-ring (bicyclic) bond motifs is 5. The maximum Gasteiger partial charge on any atom is 0.338 e. The minimum Gasteiger partial charge on any atom is -0.458 e. The fourth-order valence-electron chi connectivity index (χ4n) is 9.86. The van der Waals surface area contributed by atoms with Crippen molar-refractivity contribution in [3.8, 4) is 0 Å². The van der Waals surface area contributed by atoms with Crippen molar-refractivity contribution in [2.45, 2.75) is 111 Å². The molecule has 226 valence electrons. The highest BCUT2D eigenvalue weighted by Gasteiger charge is 2.59. The predicted molar refractivity (Wildman–Crippen MR) is 171 cm³/mol. The van der Waals surface area contributed by atoms with Gasteiger partial charge in [0, 0.05) is 12.1 Å². The van der Waals surface area contributed by atoms with Crippen LogP contribution in [-0.4, -0.2) is 23.7 Å². The Morgan fingerprint density at radius 2 is 1.76 bits per heavy atom. The molecule has 4 aliphatic rings. The van der Waals surface area contributed by atoms with Crippen molar-refractivity contribution in [2.24, 2.45) is 46.3 Å². The number of nitrogens with one attached hydrogen (secondary N) is 1. The number of hydrogen-bond donors (Lipinski definition) is 2. The van der Waals surface area contributed by atoms with Crippen LogP contribution in [0.25, 0.3) is 0 Å². The van der Waals surface area contributed by atoms with Crippen LogP contribution in [0.2, 0.25) is 0 Å². The van der Waals surface area contributed by atoms with Gasteiger partial charge in [0.15, 0.2) is 0 Å². The summed E-state index contributed by atoms with van der Waals surface area (Å²) in [4.78, 5) is 24.5. The number of esters is 1. The number of benzene rings is 1. The van der Waals surface area contributed by atoms with Crippen molar-refractivity contribution < 1.29 is 14.3 Å². The smallest absolute Gasteiger partial charge is 0.338 e. The second kappa shape index (κ2) is 12.5. The highest BCUT2D eigenvalue weighted by molar-refractivity contribution is 7.81. The molecule has 0 radical (unpaired) electrons. The zero-order valence-corrected chi connectivity index (χ0v) is 27.0. The van der Waals surface area contributed by atoms with Crippen LogP contribution in [0.5, 0.6) is 0 Å². The van der Waals surface area contributed by atoms with E-state index < -0.39 is 0 Å². The molecule has 3 fully saturated rings. The number of thiol groups is 1. The fraction of sp³-hybridized carbons (Fsp3) is 0.722. The molecule has 4 aliphatic carbocycles. The van der Waals surface area contributed by atoms with E-state index in [-0.39, 0.29) is 29.1 Å². The lowest BCUT2D eigenvalue weighted by molar-refractivity contribution is -0.113. The number of carbonyl (C=O) groups is 2. The number of amides is 1. The van der Waals surface area contributed by atoms with E-state index in [1.54, 1.807) is 29.8 Å². The van der Waals surface area contributed by atoms with Crippen molar-refractivity contribution in [3.63, 3.8) is 0 Å². The van der Waals surface area contributed by atoms with Gasteiger partial charge in [-0.15, -0.1) is 0 Å². The maximum atomic E-state index is 13.0. The molecule has 1 aromatic rings. The topological polar surface area (TPSA) is 55.4 Å². The molecule has 0 bridgehead atoms. The standard InChI is InChI=1S/C36H53NO3S/c1-23(2)7-6-8-24(3)30-15-16-31-29-14-11-26-21-28(17-19-35(26,4)32(29)18-20-36(30,31)5)40-34(39)25-9-12-27(13-10-25)37-33(38)22-41/h9-13,23-24,28-32,41H,6-8,14-22H2,1-5H3,(H,37,38)/t24-,28+,29-,30+,31-,32-,35+,36-/m1/s1. The van der Waals surface area contributed by atoms with Gasteiger partial charge in [-0.3, -0.25) is 4.79 Å². The average Bonchev–Trinajstić information content (AvgIpc) is 3.30. The van der Waals surface area contributed by atoms with Crippen molar-refractivity contribution in [2.75, 3.05) is 11.1 Å². The van der Waals surface area contributed by atoms with Crippen LogP contribution < -0.4 is 5.32 Å². The summed E-state index contributed by atoms with van der Waals surface area (Å²) in [6.45, 7) is 12.5. The summed E-state index contributed by atoms with van der Waals surface area (Å²) < 4.78 is 6.04. The summed E-state index contributed by atoms with van der Waals surface area (Å²) >= 11 is 3.99. The molecule has 5 heteroatoms. The van der Waals surface area contributed by atoms with Crippen LogP contribution in [0.15, 0.2) is 35.9 Å². The molecule has 1 aromatic carbocycles. The molecule has 0 unspecified atom stereocenters. The summed E-state index contributed by atoms with van der Waals surface area (Å²) in [6.07, 6.45) is 16.4. The lowest BCUT2D eigenvalue weighted by Gasteiger charge is -2.58. The number of carbonyl (C=O) groups excluding carboxylic acids is 2. The molecule has 1 N–H and O–H groups in total. The lowest BCUT2D eigenvalue weighted by atomic mass is 9.47. The van der Waals surface area contributed by atoms with Gasteiger partial charge in [-0.1, -0.05) is 65.5 Å². The molecular formula is C36H53NO3S. The van der Waals surface area contributed by atoms with Gasteiger partial charge in [0.05, 0.1) is 11.3 Å². The largest absolute Gasteiger partial charge is 0.458 e. The molecule has 0 spiro atoms. The van der Waals surface area contributed by atoms with E-state index in [0.717, 1.165) is 54.8 Å². The van der Waals surface area contributed by atoms with Gasteiger partial charge >= 0.3 is 5.97 Å². The SMILES string of the molecule is CC(C)CCC[C@@H](C)[C@@H]1CC[C@@H]2[C@H]3CC=C4C[C@@H](OC(=O)c5ccc(NC(=O)CS)cc5)CC[C@]4(C)[C@@H]3CC[C@@]21C. The molecule has 0 aromatic heterocycles. The van der Waals surface area contributed by atoms with E-state index in [9.17, 15) is 9.59 Å². The third-order valence-electron chi connectivity index (χ3n) is 12.1. The van der Waals surface area contributed by atoms with Gasteiger partial charge in [0.1, 0.15) is 6.10 Å². The Bertz CT molecular complexity index is 1130. The fourth-order valence-corrected chi connectivity index (χ4v) is 9.94. The van der Waals surface area contributed by atoms with Gasteiger partial charge in [-0.25, -0.2) is 4.79 Å². The van der Waals surface area contributed by atoms with Crippen LogP contribution in [0.3, 0.4) is 0 Å². The van der Waals surface area contributed by atoms with Crippen molar-refractivity contribution >= 4 is 30.2 Å². The van der Waals surface area contributed by atoms with Crippen molar-refractivity contribution in [1.82, 2.24) is 0 Å². The van der Waals surface area contributed by atoms with Crippen LogP contribution in [0, 0.1) is 46.3 Å². The summed E-state index contributed by atoms with van der Waals surface area (Å²) in [7, 11) is 0. The highest BCUT2D eigenvalue weighted by atomic mass is 32.1. The summed E-state index contributed by atoms with van der Waals surface area (Å²) in [5, 5.41) is 2.76. The predicted octanol–water partition coefficient (Wildman–Crippen LogP) is 9.12. The molecule has 0 saturated heterocycles. The lowest BCUT2D eigenvalue weighted by Crippen LogP contribution is -2.51. The van der Waals surface area contributed by atoms with Crippen molar-refractivity contribution in [3.05, 3.63) is 41.5 Å². The molecule has 8 atom stereocenters. The Morgan fingerprint density at radius 3 is 2.46 bits per heavy atom. The Labute approximate surface area is 254 Å². The Kier molecular flexibility index (Phi) is 9.33. The van der Waals surface area contributed by atoms with Crippen LogP contribution in [-0.2, 0) is 9.53 Å². The van der Waals surface area contributed by atoms with Crippen LogP contribution in [0.4, 0.5) is 5.69 Å². The first-order valence-electron chi connectivity index (χ1n) is 16.5. The van der Waals surface area contributed by atoms with Crippen molar-refractivity contribution in [1.29, 1.82) is 0 Å². The third kappa shape index (κ3) is 6.17. The molecule has 0 aliphatic heterocycles. The maximum absolute atomic E-state index is 13.0. The van der Waals surface area contributed by atoms with Gasteiger partial charge in [0.25, 0.3) is 0 Å². The van der Waals surface area contributed by atoms with E-state index in [2.05, 4.69) is 58.6 Å². The van der Waals surface area contributed by atoms with E-state index in [0.29, 0.717) is 16.7 Å². The number of rotatable bonds is 9. The van der Waals surface area contributed by atoms with Gasteiger partial charge in [-0.2, -0.15) is 12.6 Å². The summed E-state index contributed by atoms with van der Waals surface area (Å²) in [6, 6.07) is 6.95. The quantitative estimate of drug-likeness (QED) is 0.174. The molecule has 5 rings (SSSR count). The van der Waals surface area contributed by atoms with Crippen LogP contribution >= 0.6 is 12.6 Å². The Morgan fingerprint density at radius 1 is 1.00 bits per heavy atom. The first kappa shape index (κ1) is 30.7. The number of anilines is 1. The van der Waals surface area contributed by atoms with E-state index in [1.165, 1.54) is 51.4 Å². The average molecular weight is 580 g/mol. The molecule has 0 heterocycles. The second-order valence-electron chi connectivity index (χ2n) is 14.8. The summed E-state index contributed by atoms with van der Waals surface area (Å²) in [5.74, 6) is 4.69. The molecule has 1 amide bonds. The minimum atomic E-state index is -0.270. The van der Waals surface area contributed by atoms with Gasteiger partial charge in [0.2, 0.25) is 5.91 Å². The van der Waals surface area contributed by atoms with E-state index in [1.807, 2.05) is 0 Å². The third-order valence-corrected chi connectivity index (χ3v) is 12.4.